The normalized spacial score (nSPS) is 12.0. The lowest BCUT2D eigenvalue weighted by Gasteiger charge is -2.12. The van der Waals surface area contributed by atoms with Crippen LogP contribution >= 0.6 is 0 Å². The lowest BCUT2D eigenvalue weighted by Crippen LogP contribution is -2.26. The van der Waals surface area contributed by atoms with Gasteiger partial charge in [0.05, 0.1) is 0 Å². The van der Waals surface area contributed by atoms with Gasteiger partial charge in [0.25, 0.3) is 5.97 Å². The first kappa shape index (κ1) is 27.9. The molecule has 0 aromatic rings. The zero-order valence-corrected chi connectivity index (χ0v) is 19.1. The Balaban J connectivity index is 3.01. The van der Waals surface area contributed by atoms with Gasteiger partial charge in [-0.2, -0.15) is 0 Å². The summed E-state index contributed by atoms with van der Waals surface area (Å²) in [4.78, 5) is 0. The van der Waals surface area contributed by atoms with Gasteiger partial charge in [0.2, 0.25) is 0 Å². The lowest BCUT2D eigenvalue weighted by atomic mass is 10.0. The predicted molar refractivity (Wildman–Crippen MR) is 121 cm³/mol. The molecule has 0 saturated carbocycles. The quantitative estimate of drug-likeness (QED) is 0.122. The second-order valence-corrected chi connectivity index (χ2v) is 8.95. The molecule has 0 aliphatic carbocycles. The van der Waals surface area contributed by atoms with Crippen LogP contribution in [0.2, 0.25) is 0 Å². The Bertz CT molecular complexity index is 286. The SMILES string of the molecule is CCCCCCCCCCCCCCCCCCCCCCCCC(O)(O)O. The molecular formula is C25H52O3. The van der Waals surface area contributed by atoms with Crippen molar-refractivity contribution < 1.29 is 15.3 Å². The maximum absolute atomic E-state index is 8.79. The summed E-state index contributed by atoms with van der Waals surface area (Å²) in [5, 5.41) is 26.4. The molecule has 0 aromatic carbocycles. The van der Waals surface area contributed by atoms with Crippen LogP contribution in [0.5, 0.6) is 0 Å². The van der Waals surface area contributed by atoms with Gasteiger partial charge in [-0.1, -0.05) is 142 Å². The monoisotopic (exact) mass is 400 g/mol. The number of aliphatic hydroxyl groups is 3. The number of hydrogen-bond acceptors (Lipinski definition) is 3. The summed E-state index contributed by atoms with van der Waals surface area (Å²) in [7, 11) is 0. The second kappa shape index (κ2) is 21.6. The van der Waals surface area contributed by atoms with E-state index in [4.69, 9.17) is 15.3 Å². The van der Waals surface area contributed by atoms with E-state index in [0.717, 1.165) is 12.8 Å². The van der Waals surface area contributed by atoms with Crippen LogP contribution in [0.25, 0.3) is 0 Å². The Morgan fingerprint density at radius 3 is 0.786 bits per heavy atom. The van der Waals surface area contributed by atoms with Gasteiger partial charge in [0.1, 0.15) is 0 Å². The molecular weight excluding hydrogens is 348 g/mol. The number of hydrogen-bond donors (Lipinski definition) is 3. The van der Waals surface area contributed by atoms with Crippen molar-refractivity contribution in [2.24, 2.45) is 0 Å². The van der Waals surface area contributed by atoms with Gasteiger partial charge in [-0.05, 0) is 6.42 Å². The highest BCUT2D eigenvalue weighted by Gasteiger charge is 2.16. The molecule has 0 atom stereocenters. The number of unbranched alkanes of at least 4 members (excludes halogenated alkanes) is 21. The first-order valence-corrected chi connectivity index (χ1v) is 12.7. The van der Waals surface area contributed by atoms with Crippen LogP contribution in [-0.4, -0.2) is 21.3 Å². The van der Waals surface area contributed by atoms with Gasteiger partial charge in [-0.15, -0.1) is 0 Å². The second-order valence-electron chi connectivity index (χ2n) is 8.95. The van der Waals surface area contributed by atoms with E-state index in [2.05, 4.69) is 6.92 Å². The molecule has 0 aliphatic rings. The highest BCUT2D eigenvalue weighted by atomic mass is 16.7. The fourth-order valence-electron chi connectivity index (χ4n) is 3.97. The molecule has 0 bridgehead atoms. The standard InChI is InChI=1S/C25H52O3/c1-2-3-4-5-6-7-8-9-10-11-12-13-14-15-16-17-18-19-20-21-22-23-24-25(26,27)28/h26-28H,2-24H2,1H3. The molecule has 0 rings (SSSR count). The van der Waals surface area contributed by atoms with E-state index in [0.29, 0.717) is 6.42 Å². The van der Waals surface area contributed by atoms with Crippen molar-refractivity contribution >= 4 is 0 Å². The summed E-state index contributed by atoms with van der Waals surface area (Å²) in [5.74, 6) is -2.46. The molecule has 0 fully saturated rings. The van der Waals surface area contributed by atoms with Gasteiger partial charge < -0.3 is 15.3 Å². The first-order chi connectivity index (χ1) is 13.6. The third-order valence-electron chi connectivity index (χ3n) is 5.87. The molecule has 3 nitrogen and oxygen atoms in total. The average Bonchev–Trinajstić information content (AvgIpc) is 2.65. The van der Waals surface area contributed by atoms with E-state index >= 15 is 0 Å². The van der Waals surface area contributed by atoms with Crippen molar-refractivity contribution in [3.63, 3.8) is 0 Å². The highest BCUT2D eigenvalue weighted by Crippen LogP contribution is 2.16. The van der Waals surface area contributed by atoms with Crippen molar-refractivity contribution in [1.82, 2.24) is 0 Å². The molecule has 0 heterocycles. The van der Waals surface area contributed by atoms with Crippen molar-refractivity contribution in [2.45, 2.75) is 161 Å². The minimum atomic E-state index is -2.46. The third kappa shape index (κ3) is 25.9. The summed E-state index contributed by atoms with van der Waals surface area (Å²) < 4.78 is 0. The average molecular weight is 401 g/mol. The van der Waals surface area contributed by atoms with Gasteiger partial charge in [0, 0.05) is 6.42 Å². The molecule has 0 aromatic heterocycles. The van der Waals surface area contributed by atoms with Crippen LogP contribution < -0.4 is 0 Å². The van der Waals surface area contributed by atoms with Crippen LogP contribution in [-0.2, 0) is 0 Å². The minimum Gasteiger partial charge on any atom is -0.344 e. The van der Waals surface area contributed by atoms with E-state index in [1.807, 2.05) is 0 Å². The lowest BCUT2D eigenvalue weighted by molar-refractivity contribution is -0.315. The maximum atomic E-state index is 8.79. The van der Waals surface area contributed by atoms with Crippen LogP contribution in [0.15, 0.2) is 0 Å². The Morgan fingerprint density at radius 2 is 0.571 bits per heavy atom. The molecule has 170 valence electrons. The van der Waals surface area contributed by atoms with Crippen molar-refractivity contribution in [1.29, 1.82) is 0 Å². The summed E-state index contributed by atoms with van der Waals surface area (Å²) >= 11 is 0. The minimum absolute atomic E-state index is 0.0616. The Kier molecular flexibility index (Phi) is 21.5. The zero-order valence-electron chi connectivity index (χ0n) is 19.1. The predicted octanol–water partition coefficient (Wildman–Crippen LogP) is 7.61. The molecule has 3 heteroatoms. The van der Waals surface area contributed by atoms with E-state index < -0.39 is 5.97 Å². The van der Waals surface area contributed by atoms with Gasteiger partial charge in [0.15, 0.2) is 0 Å². The summed E-state index contributed by atoms with van der Waals surface area (Å²) in [6, 6.07) is 0. The fraction of sp³-hybridized carbons (Fsp3) is 1.00. The molecule has 3 N–H and O–H groups in total. The van der Waals surface area contributed by atoms with Crippen LogP contribution in [0.1, 0.15) is 155 Å². The number of rotatable bonds is 23. The van der Waals surface area contributed by atoms with E-state index in [1.54, 1.807) is 0 Å². The molecule has 0 saturated heterocycles. The summed E-state index contributed by atoms with van der Waals surface area (Å²) in [6.07, 6.45) is 29.5. The smallest absolute Gasteiger partial charge is 0.275 e. The maximum Gasteiger partial charge on any atom is 0.275 e. The van der Waals surface area contributed by atoms with Crippen molar-refractivity contribution in [3.8, 4) is 0 Å². The third-order valence-corrected chi connectivity index (χ3v) is 5.87. The molecule has 0 radical (unpaired) electrons. The largest absolute Gasteiger partial charge is 0.344 e. The van der Waals surface area contributed by atoms with Gasteiger partial charge >= 0.3 is 0 Å². The van der Waals surface area contributed by atoms with Crippen LogP contribution in [0.4, 0.5) is 0 Å². The van der Waals surface area contributed by atoms with Crippen LogP contribution in [0, 0.1) is 0 Å². The van der Waals surface area contributed by atoms with E-state index in [-0.39, 0.29) is 6.42 Å². The molecule has 0 unspecified atom stereocenters. The van der Waals surface area contributed by atoms with Crippen LogP contribution in [0.3, 0.4) is 0 Å². The first-order valence-electron chi connectivity index (χ1n) is 12.7. The highest BCUT2D eigenvalue weighted by molar-refractivity contribution is 4.52. The topological polar surface area (TPSA) is 60.7 Å². The summed E-state index contributed by atoms with van der Waals surface area (Å²) in [6.45, 7) is 2.29. The van der Waals surface area contributed by atoms with Crippen molar-refractivity contribution in [2.75, 3.05) is 0 Å². The van der Waals surface area contributed by atoms with E-state index in [9.17, 15) is 0 Å². The Labute approximate surface area is 176 Å². The Morgan fingerprint density at radius 1 is 0.357 bits per heavy atom. The van der Waals surface area contributed by atoms with Crippen molar-refractivity contribution in [3.05, 3.63) is 0 Å². The molecule has 0 spiro atoms. The summed E-state index contributed by atoms with van der Waals surface area (Å²) in [5.41, 5.74) is 0. The van der Waals surface area contributed by atoms with Gasteiger partial charge in [-0.3, -0.25) is 0 Å². The molecule has 0 amide bonds. The molecule has 28 heavy (non-hydrogen) atoms. The molecule has 0 aliphatic heterocycles. The zero-order chi connectivity index (χ0) is 20.8. The Hall–Kier alpha value is -0.120. The fourth-order valence-corrected chi connectivity index (χ4v) is 3.97. The van der Waals surface area contributed by atoms with E-state index in [1.165, 1.54) is 122 Å². The van der Waals surface area contributed by atoms with Gasteiger partial charge in [-0.25, -0.2) is 0 Å².